The lowest BCUT2D eigenvalue weighted by Gasteiger charge is -2.51. The molecule has 2 heterocycles. The maximum Gasteiger partial charge on any atom is 0.160 e. The lowest BCUT2D eigenvalue weighted by atomic mass is 9.78. The number of rotatable bonds is 1. The average Bonchev–Trinajstić information content (AvgIpc) is 2.44. The van der Waals surface area contributed by atoms with Gasteiger partial charge in [0, 0.05) is 23.8 Å². The Kier molecular flexibility index (Phi) is 3.44. The minimum atomic E-state index is -0.764. The Morgan fingerprint density at radius 1 is 1.00 bits per heavy atom. The highest BCUT2D eigenvalue weighted by Gasteiger charge is 2.39. The first kappa shape index (κ1) is 12.9. The summed E-state index contributed by atoms with van der Waals surface area (Å²) in [6, 6.07) is 4.31. The van der Waals surface area contributed by atoms with Crippen LogP contribution in [0.3, 0.4) is 0 Å². The largest absolute Gasteiger partial charge is 0.366 e. The van der Waals surface area contributed by atoms with Crippen molar-refractivity contribution in [2.75, 3.05) is 24.5 Å². The second kappa shape index (κ2) is 5.08. The highest BCUT2D eigenvalue weighted by Crippen LogP contribution is 2.39. The van der Waals surface area contributed by atoms with Crippen LogP contribution >= 0.6 is 0 Å². The molecule has 0 bridgehead atoms. The van der Waals surface area contributed by atoms with Crippen LogP contribution in [0.2, 0.25) is 0 Å². The van der Waals surface area contributed by atoms with Gasteiger partial charge in [-0.3, -0.25) is 0 Å². The lowest BCUT2D eigenvalue weighted by molar-refractivity contribution is 0.237. The van der Waals surface area contributed by atoms with E-state index in [9.17, 15) is 8.78 Å². The summed E-state index contributed by atoms with van der Waals surface area (Å²) in [4.78, 5) is 2.32. The Morgan fingerprint density at radius 3 is 2.53 bits per heavy atom. The van der Waals surface area contributed by atoms with Gasteiger partial charge < -0.3 is 10.2 Å². The van der Waals surface area contributed by atoms with Crippen molar-refractivity contribution in [1.29, 1.82) is 0 Å². The Labute approximate surface area is 112 Å². The van der Waals surface area contributed by atoms with Gasteiger partial charge in [0.15, 0.2) is 11.6 Å². The summed E-state index contributed by atoms with van der Waals surface area (Å²) in [6.07, 6.45) is 5.71. The predicted octanol–water partition coefficient (Wildman–Crippen LogP) is 3.08. The molecule has 19 heavy (non-hydrogen) atoms. The third-order valence-corrected chi connectivity index (χ3v) is 4.60. The van der Waals surface area contributed by atoms with Crippen molar-refractivity contribution in [2.45, 2.75) is 37.6 Å². The van der Waals surface area contributed by atoms with Crippen LogP contribution in [-0.2, 0) is 0 Å². The lowest BCUT2D eigenvalue weighted by Crippen LogP contribution is -2.57. The zero-order chi connectivity index (χ0) is 13.3. The SMILES string of the molecule is Fc1ccc(N2CCCCC23CCNCC3)cc1F. The van der Waals surface area contributed by atoms with Gasteiger partial charge in [0.1, 0.15) is 0 Å². The molecule has 4 heteroatoms. The van der Waals surface area contributed by atoms with Crippen LogP contribution in [0, 0.1) is 11.6 Å². The number of nitrogens with one attached hydrogen (secondary N) is 1. The first-order valence-electron chi connectivity index (χ1n) is 7.15. The molecule has 0 atom stereocenters. The number of hydrogen-bond donors (Lipinski definition) is 1. The van der Waals surface area contributed by atoms with Crippen LogP contribution in [-0.4, -0.2) is 25.2 Å². The van der Waals surface area contributed by atoms with E-state index in [2.05, 4.69) is 10.2 Å². The quantitative estimate of drug-likeness (QED) is 0.840. The number of hydrogen-bond acceptors (Lipinski definition) is 2. The molecular weight excluding hydrogens is 246 g/mol. The van der Waals surface area contributed by atoms with E-state index in [0.717, 1.165) is 51.0 Å². The molecule has 104 valence electrons. The maximum atomic E-state index is 13.5. The van der Waals surface area contributed by atoms with E-state index in [0.29, 0.717) is 0 Å². The molecule has 0 amide bonds. The fourth-order valence-electron chi connectivity index (χ4n) is 3.56. The predicted molar refractivity (Wildman–Crippen MR) is 72.4 cm³/mol. The Bertz CT molecular complexity index is 447. The molecule has 2 fully saturated rings. The number of halogens is 2. The molecule has 0 aliphatic carbocycles. The van der Waals surface area contributed by atoms with Gasteiger partial charge in [-0.2, -0.15) is 0 Å². The van der Waals surface area contributed by atoms with Gasteiger partial charge in [-0.05, 0) is 57.3 Å². The molecule has 1 spiro atoms. The second-order valence-corrected chi connectivity index (χ2v) is 5.68. The summed E-state index contributed by atoms with van der Waals surface area (Å²) < 4.78 is 26.6. The molecular formula is C15H20F2N2. The van der Waals surface area contributed by atoms with Gasteiger partial charge >= 0.3 is 0 Å². The fourth-order valence-corrected chi connectivity index (χ4v) is 3.56. The molecule has 0 aromatic heterocycles. The van der Waals surface area contributed by atoms with Crippen LogP contribution < -0.4 is 10.2 Å². The molecule has 0 radical (unpaired) electrons. The van der Waals surface area contributed by atoms with Crippen molar-refractivity contribution < 1.29 is 8.78 Å². The Hall–Kier alpha value is -1.16. The molecule has 3 rings (SSSR count). The van der Waals surface area contributed by atoms with Gasteiger partial charge in [0.05, 0.1) is 0 Å². The van der Waals surface area contributed by atoms with Crippen molar-refractivity contribution in [3.8, 4) is 0 Å². The Morgan fingerprint density at radius 2 is 1.79 bits per heavy atom. The minimum Gasteiger partial charge on any atom is -0.366 e. The summed E-state index contributed by atoms with van der Waals surface area (Å²) in [5.74, 6) is -1.51. The van der Waals surface area contributed by atoms with Gasteiger partial charge in [-0.15, -0.1) is 0 Å². The van der Waals surface area contributed by atoms with E-state index in [1.165, 1.54) is 18.6 Å². The van der Waals surface area contributed by atoms with Crippen LogP contribution in [0.15, 0.2) is 18.2 Å². The van der Waals surface area contributed by atoms with Crippen LogP contribution in [0.4, 0.5) is 14.5 Å². The average molecular weight is 266 g/mol. The first-order chi connectivity index (χ1) is 9.21. The number of nitrogens with zero attached hydrogens (tertiary/aromatic N) is 1. The molecule has 1 aromatic rings. The topological polar surface area (TPSA) is 15.3 Å². The molecule has 1 aromatic carbocycles. The van der Waals surface area contributed by atoms with Crippen molar-refractivity contribution >= 4 is 5.69 Å². The standard InChI is InChI=1S/C15H20F2N2/c16-13-4-3-12(11-14(13)17)19-10-2-1-5-15(19)6-8-18-9-7-15/h3-4,11,18H,1-2,5-10H2. The third-order valence-electron chi connectivity index (χ3n) is 4.60. The zero-order valence-corrected chi connectivity index (χ0v) is 11.1. The van der Waals surface area contributed by atoms with Gasteiger partial charge in [0.25, 0.3) is 0 Å². The van der Waals surface area contributed by atoms with Crippen molar-refractivity contribution in [3.05, 3.63) is 29.8 Å². The first-order valence-corrected chi connectivity index (χ1v) is 7.15. The zero-order valence-electron chi connectivity index (χ0n) is 11.1. The summed E-state index contributed by atoms with van der Waals surface area (Å²) in [7, 11) is 0. The second-order valence-electron chi connectivity index (χ2n) is 5.68. The van der Waals surface area contributed by atoms with E-state index in [4.69, 9.17) is 0 Å². The molecule has 2 saturated heterocycles. The fraction of sp³-hybridized carbons (Fsp3) is 0.600. The molecule has 1 N–H and O–H groups in total. The summed E-state index contributed by atoms with van der Waals surface area (Å²) in [5, 5.41) is 3.39. The monoisotopic (exact) mass is 266 g/mol. The van der Waals surface area contributed by atoms with Gasteiger partial charge in [0.2, 0.25) is 0 Å². The van der Waals surface area contributed by atoms with Gasteiger partial charge in [-0.1, -0.05) is 0 Å². The normalized spacial score (nSPS) is 22.7. The Balaban J connectivity index is 1.93. The molecule has 2 nitrogen and oxygen atoms in total. The van der Waals surface area contributed by atoms with E-state index in [1.807, 2.05) is 0 Å². The number of piperidine rings is 2. The van der Waals surface area contributed by atoms with Crippen LogP contribution in [0.25, 0.3) is 0 Å². The molecule has 2 aliphatic rings. The van der Waals surface area contributed by atoms with Crippen molar-refractivity contribution in [1.82, 2.24) is 5.32 Å². The molecule has 2 aliphatic heterocycles. The summed E-state index contributed by atoms with van der Waals surface area (Å²) in [5.41, 5.74) is 0.980. The van der Waals surface area contributed by atoms with Crippen LogP contribution in [0.1, 0.15) is 32.1 Å². The van der Waals surface area contributed by atoms with E-state index in [-0.39, 0.29) is 5.54 Å². The van der Waals surface area contributed by atoms with Crippen molar-refractivity contribution in [2.24, 2.45) is 0 Å². The highest BCUT2D eigenvalue weighted by atomic mass is 19.2. The van der Waals surface area contributed by atoms with Gasteiger partial charge in [-0.25, -0.2) is 8.78 Å². The molecule has 0 saturated carbocycles. The van der Waals surface area contributed by atoms with Crippen molar-refractivity contribution in [3.63, 3.8) is 0 Å². The molecule has 0 unspecified atom stereocenters. The van der Waals surface area contributed by atoms with E-state index < -0.39 is 11.6 Å². The third kappa shape index (κ3) is 2.34. The summed E-state index contributed by atoms with van der Waals surface area (Å²) >= 11 is 0. The van der Waals surface area contributed by atoms with E-state index in [1.54, 1.807) is 6.07 Å². The minimum absolute atomic E-state index is 0.147. The highest BCUT2D eigenvalue weighted by molar-refractivity contribution is 5.50. The number of anilines is 1. The maximum absolute atomic E-state index is 13.5. The number of benzene rings is 1. The summed E-state index contributed by atoms with van der Waals surface area (Å²) in [6.45, 7) is 2.98. The smallest absolute Gasteiger partial charge is 0.160 e. The van der Waals surface area contributed by atoms with Crippen LogP contribution in [0.5, 0.6) is 0 Å². The van der Waals surface area contributed by atoms with E-state index >= 15 is 0 Å².